The predicted octanol–water partition coefficient (Wildman–Crippen LogP) is 4.23. The molecule has 0 fully saturated rings. The maximum atomic E-state index is 4.37. The fraction of sp³-hybridized carbons (Fsp3) is 0.150. The zero-order valence-electron chi connectivity index (χ0n) is 13.5. The van der Waals surface area contributed by atoms with Crippen molar-refractivity contribution < 1.29 is 0 Å². The molecule has 0 heterocycles. The van der Waals surface area contributed by atoms with E-state index >= 15 is 0 Å². The van der Waals surface area contributed by atoms with Crippen LogP contribution in [0, 0.1) is 0 Å². The smallest absolute Gasteiger partial charge is 0.0561 e. The van der Waals surface area contributed by atoms with Crippen LogP contribution >= 0.6 is 0 Å². The molecule has 0 radical (unpaired) electrons. The average molecular weight is 303 g/mol. The molecule has 0 spiro atoms. The quantitative estimate of drug-likeness (QED) is 0.661. The van der Waals surface area contributed by atoms with Crippen LogP contribution in [-0.4, -0.2) is 25.2 Å². The third kappa shape index (κ3) is 3.69. The second-order valence-electron chi connectivity index (χ2n) is 5.74. The van der Waals surface area contributed by atoms with Crippen molar-refractivity contribution in [3.05, 3.63) is 89.6 Å². The van der Waals surface area contributed by atoms with Crippen molar-refractivity contribution >= 4 is 11.9 Å². The minimum atomic E-state index is 0.298. The summed E-state index contributed by atoms with van der Waals surface area (Å²) in [5, 5.41) is 4.37. The molecule has 23 heavy (non-hydrogen) atoms. The Kier molecular flexibility index (Phi) is 4.57. The Morgan fingerprint density at radius 3 is 2.48 bits per heavy atom. The summed E-state index contributed by atoms with van der Waals surface area (Å²) in [5.74, 6) is 0.298. The molecular weight excluding hydrogens is 282 g/mol. The Hall–Kier alpha value is -2.81. The normalized spacial score (nSPS) is 16.6. The van der Waals surface area contributed by atoms with Gasteiger partial charge in [-0.2, -0.15) is 5.10 Å². The van der Waals surface area contributed by atoms with Gasteiger partial charge < -0.3 is 4.90 Å². The van der Waals surface area contributed by atoms with Crippen LogP contribution in [0.3, 0.4) is 0 Å². The molecule has 0 saturated carbocycles. The highest BCUT2D eigenvalue weighted by molar-refractivity contribution is 5.83. The number of likely N-dealkylation sites (N-methyl/N-ethyl adjacent to an activating group) is 1. The fourth-order valence-corrected chi connectivity index (χ4v) is 2.61. The number of allylic oxidation sites excluding steroid dienone is 3. The van der Waals surface area contributed by atoms with E-state index in [-0.39, 0.29) is 0 Å². The third-order valence-corrected chi connectivity index (χ3v) is 3.87. The van der Waals surface area contributed by atoms with E-state index in [4.69, 9.17) is 0 Å². The van der Waals surface area contributed by atoms with E-state index in [2.05, 4.69) is 65.9 Å². The number of nitrogens with zero attached hydrogens (tertiary/aromatic N) is 2. The van der Waals surface area contributed by atoms with Crippen molar-refractivity contribution in [1.29, 1.82) is 0 Å². The zero-order valence-corrected chi connectivity index (χ0v) is 13.5. The lowest BCUT2D eigenvalue weighted by Crippen LogP contribution is -2.07. The Morgan fingerprint density at radius 1 is 1.00 bits per heavy atom. The van der Waals surface area contributed by atoms with Crippen molar-refractivity contribution in [3.8, 4) is 0 Å². The maximum absolute atomic E-state index is 4.37. The molecule has 3 rings (SSSR count). The largest absolute Gasteiger partial charge is 0.378 e. The molecule has 1 aliphatic carbocycles. The van der Waals surface area contributed by atoms with Crippen LogP contribution in [0.2, 0.25) is 0 Å². The van der Waals surface area contributed by atoms with Crippen LogP contribution in [0.5, 0.6) is 0 Å². The van der Waals surface area contributed by atoms with Gasteiger partial charge >= 0.3 is 0 Å². The first-order chi connectivity index (χ1) is 11.2. The molecular formula is C20H21N3. The van der Waals surface area contributed by atoms with Crippen molar-refractivity contribution in [2.45, 2.75) is 5.92 Å². The van der Waals surface area contributed by atoms with Crippen molar-refractivity contribution in [1.82, 2.24) is 4.90 Å². The third-order valence-electron chi connectivity index (χ3n) is 3.87. The number of hydrazone groups is 1. The van der Waals surface area contributed by atoms with Gasteiger partial charge in [-0.25, -0.2) is 0 Å². The van der Waals surface area contributed by atoms with Gasteiger partial charge in [0.2, 0.25) is 0 Å². The molecule has 0 bridgehead atoms. The Bertz CT molecular complexity index is 742. The van der Waals surface area contributed by atoms with Crippen LogP contribution in [0.4, 0.5) is 5.69 Å². The SMILES string of the molecule is CN(C)C1=CC(c2ccccc2C=NNc2ccccc2)C=C1. The van der Waals surface area contributed by atoms with E-state index in [9.17, 15) is 0 Å². The highest BCUT2D eigenvalue weighted by Crippen LogP contribution is 2.29. The van der Waals surface area contributed by atoms with Crippen LogP contribution < -0.4 is 5.43 Å². The number of hydrogen-bond acceptors (Lipinski definition) is 3. The number of anilines is 1. The highest BCUT2D eigenvalue weighted by Gasteiger charge is 2.15. The van der Waals surface area contributed by atoms with E-state index in [1.54, 1.807) is 0 Å². The second kappa shape index (κ2) is 6.97. The van der Waals surface area contributed by atoms with E-state index in [1.165, 1.54) is 11.3 Å². The monoisotopic (exact) mass is 303 g/mol. The van der Waals surface area contributed by atoms with Gasteiger partial charge in [-0.15, -0.1) is 0 Å². The number of benzene rings is 2. The molecule has 116 valence electrons. The highest BCUT2D eigenvalue weighted by atomic mass is 15.3. The molecule has 0 aromatic heterocycles. The van der Waals surface area contributed by atoms with Gasteiger partial charge in [0.15, 0.2) is 0 Å². The van der Waals surface area contributed by atoms with E-state index in [0.29, 0.717) is 5.92 Å². The minimum absolute atomic E-state index is 0.298. The first-order valence-electron chi connectivity index (χ1n) is 7.74. The lowest BCUT2D eigenvalue weighted by atomic mass is 9.96. The van der Waals surface area contributed by atoms with Crippen LogP contribution in [0.1, 0.15) is 17.0 Å². The number of para-hydroxylation sites is 1. The van der Waals surface area contributed by atoms with Crippen molar-refractivity contribution in [2.75, 3.05) is 19.5 Å². The topological polar surface area (TPSA) is 27.6 Å². The first kappa shape index (κ1) is 15.1. The van der Waals surface area contributed by atoms with Gasteiger partial charge in [-0.3, -0.25) is 5.43 Å². The number of nitrogens with one attached hydrogen (secondary N) is 1. The summed E-state index contributed by atoms with van der Waals surface area (Å²) in [4.78, 5) is 2.13. The molecule has 1 atom stereocenters. The van der Waals surface area contributed by atoms with E-state index in [0.717, 1.165) is 11.3 Å². The number of hydrogen-bond donors (Lipinski definition) is 1. The molecule has 0 aliphatic heterocycles. The van der Waals surface area contributed by atoms with Gasteiger partial charge in [0.25, 0.3) is 0 Å². The van der Waals surface area contributed by atoms with Crippen molar-refractivity contribution in [3.63, 3.8) is 0 Å². The molecule has 3 nitrogen and oxygen atoms in total. The lowest BCUT2D eigenvalue weighted by molar-refractivity contribution is 0.530. The van der Waals surface area contributed by atoms with E-state index in [1.807, 2.05) is 42.6 Å². The second-order valence-corrected chi connectivity index (χ2v) is 5.74. The van der Waals surface area contributed by atoms with Gasteiger partial charge in [0, 0.05) is 25.7 Å². The molecule has 1 unspecified atom stereocenters. The summed E-state index contributed by atoms with van der Waals surface area (Å²) < 4.78 is 0. The lowest BCUT2D eigenvalue weighted by Gasteiger charge is -2.12. The summed E-state index contributed by atoms with van der Waals surface area (Å²) in [6.45, 7) is 0. The molecule has 0 saturated heterocycles. The van der Waals surface area contributed by atoms with E-state index < -0.39 is 0 Å². The Balaban J connectivity index is 1.78. The minimum Gasteiger partial charge on any atom is -0.378 e. The summed E-state index contributed by atoms with van der Waals surface area (Å²) in [6, 6.07) is 18.3. The standard InChI is InChI=1S/C20H21N3/c1-23(2)19-13-12-16(14-19)20-11-7-6-8-17(20)15-21-22-18-9-4-3-5-10-18/h3-16,22H,1-2H3. The van der Waals surface area contributed by atoms with Crippen LogP contribution in [0.25, 0.3) is 0 Å². The molecule has 3 heteroatoms. The molecule has 2 aromatic rings. The summed E-state index contributed by atoms with van der Waals surface area (Å²) in [7, 11) is 4.13. The molecule has 0 amide bonds. The average Bonchev–Trinajstić information content (AvgIpc) is 3.06. The Morgan fingerprint density at radius 2 is 1.74 bits per heavy atom. The summed E-state index contributed by atoms with van der Waals surface area (Å²) >= 11 is 0. The van der Waals surface area contributed by atoms with Gasteiger partial charge in [0.05, 0.1) is 11.9 Å². The maximum Gasteiger partial charge on any atom is 0.0561 e. The molecule has 1 N–H and O–H groups in total. The van der Waals surface area contributed by atoms with Gasteiger partial charge in [-0.1, -0.05) is 48.5 Å². The van der Waals surface area contributed by atoms with Crippen LogP contribution in [0.15, 0.2) is 83.6 Å². The predicted molar refractivity (Wildman–Crippen MR) is 97.8 cm³/mol. The zero-order chi connectivity index (χ0) is 16.1. The first-order valence-corrected chi connectivity index (χ1v) is 7.74. The summed E-state index contributed by atoms with van der Waals surface area (Å²) in [5.41, 5.74) is 7.68. The fourth-order valence-electron chi connectivity index (χ4n) is 2.61. The van der Waals surface area contributed by atoms with Gasteiger partial charge in [0.1, 0.15) is 0 Å². The van der Waals surface area contributed by atoms with Crippen LogP contribution in [-0.2, 0) is 0 Å². The van der Waals surface area contributed by atoms with Crippen molar-refractivity contribution in [2.24, 2.45) is 5.10 Å². The summed E-state index contributed by atoms with van der Waals surface area (Å²) in [6.07, 6.45) is 8.56. The Labute approximate surface area is 137 Å². The molecule has 2 aromatic carbocycles. The molecule has 1 aliphatic rings. The van der Waals surface area contributed by atoms with Gasteiger partial charge in [-0.05, 0) is 35.4 Å². The number of rotatable bonds is 5.